The highest BCUT2D eigenvalue weighted by Gasteiger charge is 2.22. The largest absolute Gasteiger partial charge is 0.359 e. The molecule has 22 heavy (non-hydrogen) atoms. The van der Waals surface area contributed by atoms with Crippen molar-refractivity contribution >= 4 is 11.9 Å². The molecule has 1 saturated carbocycles. The molecule has 1 heterocycles. The van der Waals surface area contributed by atoms with Crippen LogP contribution in [-0.2, 0) is 11.3 Å². The first-order chi connectivity index (χ1) is 10.6. The quantitative estimate of drug-likeness (QED) is 0.519. The molecule has 0 saturated heterocycles. The number of carbonyl (C=O) groups is 1. The van der Waals surface area contributed by atoms with Crippen LogP contribution in [0.1, 0.15) is 51.0 Å². The lowest BCUT2D eigenvalue weighted by atomic mass is 10.1. The van der Waals surface area contributed by atoms with Crippen molar-refractivity contribution in [2.75, 3.05) is 13.1 Å². The average molecular weight is 307 g/mol. The molecule has 1 amide bonds. The lowest BCUT2D eigenvalue weighted by Crippen LogP contribution is -2.38. The fraction of sp³-hybridized carbons (Fsp3) is 0.667. The molecular weight excluding hydrogens is 282 g/mol. The molecule has 7 heteroatoms. The van der Waals surface area contributed by atoms with Gasteiger partial charge in [-0.2, -0.15) is 0 Å². The van der Waals surface area contributed by atoms with Gasteiger partial charge in [0.05, 0.1) is 12.2 Å². The summed E-state index contributed by atoms with van der Waals surface area (Å²) < 4.78 is 5.27. The number of rotatable bonds is 7. The van der Waals surface area contributed by atoms with Gasteiger partial charge in [-0.05, 0) is 25.7 Å². The molecular formula is C15H25N5O2. The van der Waals surface area contributed by atoms with Gasteiger partial charge in [0.25, 0.3) is 0 Å². The second kappa shape index (κ2) is 7.82. The van der Waals surface area contributed by atoms with Crippen LogP contribution in [0.3, 0.4) is 0 Å². The predicted molar refractivity (Wildman–Crippen MR) is 84.6 cm³/mol. The predicted octanol–water partition coefficient (Wildman–Crippen LogP) is 1.13. The van der Waals surface area contributed by atoms with Gasteiger partial charge in [0, 0.05) is 18.7 Å². The number of nitrogens with one attached hydrogen (secondary N) is 3. The molecule has 0 aromatic carbocycles. The third kappa shape index (κ3) is 5.38. The van der Waals surface area contributed by atoms with Gasteiger partial charge in [-0.15, -0.1) is 0 Å². The fourth-order valence-corrected chi connectivity index (χ4v) is 1.85. The summed E-state index contributed by atoms with van der Waals surface area (Å²) in [4.78, 5) is 15.9. The van der Waals surface area contributed by atoms with E-state index in [9.17, 15) is 4.79 Å². The van der Waals surface area contributed by atoms with E-state index in [4.69, 9.17) is 4.52 Å². The molecule has 0 aliphatic heterocycles. The van der Waals surface area contributed by atoms with E-state index in [-0.39, 0.29) is 12.5 Å². The molecule has 2 rings (SSSR count). The molecule has 0 radical (unpaired) electrons. The summed E-state index contributed by atoms with van der Waals surface area (Å²) in [6.45, 7) is 7.45. The van der Waals surface area contributed by atoms with E-state index in [1.165, 1.54) is 0 Å². The van der Waals surface area contributed by atoms with Crippen molar-refractivity contribution in [3.05, 3.63) is 17.5 Å². The number of hydrogen-bond donors (Lipinski definition) is 3. The van der Waals surface area contributed by atoms with Gasteiger partial charge in [-0.3, -0.25) is 4.79 Å². The van der Waals surface area contributed by atoms with Crippen LogP contribution >= 0.6 is 0 Å². The van der Waals surface area contributed by atoms with E-state index in [2.05, 4.69) is 39.9 Å². The summed E-state index contributed by atoms with van der Waals surface area (Å²) in [5.41, 5.74) is 0.933. The standard InChI is InChI=1S/C15H25N5O2/c1-4-16-15(18-9-14(21)19-11-5-6-11)17-8-12-7-13(10(2)3)20-22-12/h7,10-11H,4-6,8-9H2,1-3H3,(H,19,21)(H2,16,17,18). The Morgan fingerprint density at radius 2 is 2.23 bits per heavy atom. The van der Waals surface area contributed by atoms with Gasteiger partial charge in [0.15, 0.2) is 11.7 Å². The van der Waals surface area contributed by atoms with E-state index >= 15 is 0 Å². The molecule has 122 valence electrons. The SMILES string of the molecule is CCNC(=NCC(=O)NC1CC1)NCc1cc(C(C)C)no1. The number of guanidine groups is 1. The minimum absolute atomic E-state index is 0.0403. The molecule has 1 aromatic heterocycles. The van der Waals surface area contributed by atoms with E-state index in [1.807, 2.05) is 13.0 Å². The lowest BCUT2D eigenvalue weighted by Gasteiger charge is -2.09. The number of nitrogens with zero attached hydrogens (tertiary/aromatic N) is 2. The first-order valence-electron chi connectivity index (χ1n) is 7.85. The zero-order valence-corrected chi connectivity index (χ0v) is 13.5. The molecule has 1 aromatic rings. The monoisotopic (exact) mass is 307 g/mol. The normalized spacial score (nSPS) is 15.0. The maximum atomic E-state index is 11.7. The Kier molecular flexibility index (Phi) is 5.80. The van der Waals surface area contributed by atoms with E-state index in [0.29, 0.717) is 24.5 Å². The van der Waals surface area contributed by atoms with Crippen molar-refractivity contribution in [1.82, 2.24) is 21.1 Å². The molecule has 0 unspecified atom stereocenters. The summed E-state index contributed by atoms with van der Waals surface area (Å²) in [5, 5.41) is 13.2. The topological polar surface area (TPSA) is 91.5 Å². The Labute approximate surface area is 130 Å². The number of aromatic nitrogens is 1. The van der Waals surface area contributed by atoms with Crippen LogP contribution in [0.2, 0.25) is 0 Å². The lowest BCUT2D eigenvalue weighted by molar-refractivity contribution is -0.119. The highest BCUT2D eigenvalue weighted by Crippen LogP contribution is 2.18. The van der Waals surface area contributed by atoms with Crippen molar-refractivity contribution in [2.24, 2.45) is 4.99 Å². The zero-order chi connectivity index (χ0) is 15.9. The first kappa shape index (κ1) is 16.3. The summed E-state index contributed by atoms with van der Waals surface area (Å²) >= 11 is 0. The van der Waals surface area contributed by atoms with Crippen LogP contribution in [-0.4, -0.2) is 36.2 Å². The molecule has 0 atom stereocenters. The molecule has 7 nitrogen and oxygen atoms in total. The maximum absolute atomic E-state index is 11.7. The van der Waals surface area contributed by atoms with E-state index < -0.39 is 0 Å². The second-order valence-corrected chi connectivity index (χ2v) is 5.76. The first-order valence-corrected chi connectivity index (χ1v) is 7.85. The Morgan fingerprint density at radius 1 is 1.45 bits per heavy atom. The number of carbonyl (C=O) groups excluding carboxylic acids is 1. The van der Waals surface area contributed by atoms with Crippen LogP contribution in [0.25, 0.3) is 0 Å². The molecule has 1 aliphatic carbocycles. The van der Waals surface area contributed by atoms with Crippen LogP contribution in [0.4, 0.5) is 0 Å². The van der Waals surface area contributed by atoms with Crippen molar-refractivity contribution in [2.45, 2.75) is 52.1 Å². The van der Waals surface area contributed by atoms with Crippen LogP contribution in [0.5, 0.6) is 0 Å². The van der Waals surface area contributed by atoms with Crippen LogP contribution in [0.15, 0.2) is 15.6 Å². The number of hydrogen-bond acceptors (Lipinski definition) is 4. The smallest absolute Gasteiger partial charge is 0.242 e. The molecule has 1 aliphatic rings. The van der Waals surface area contributed by atoms with Crippen molar-refractivity contribution in [3.8, 4) is 0 Å². The Bertz CT molecular complexity index is 520. The Hall–Kier alpha value is -2.05. The summed E-state index contributed by atoms with van der Waals surface area (Å²) in [6, 6.07) is 2.29. The summed E-state index contributed by atoms with van der Waals surface area (Å²) in [5.74, 6) is 1.64. The van der Waals surface area contributed by atoms with Crippen molar-refractivity contribution in [1.29, 1.82) is 0 Å². The molecule has 0 bridgehead atoms. The van der Waals surface area contributed by atoms with E-state index in [0.717, 1.165) is 30.8 Å². The average Bonchev–Trinajstić information content (AvgIpc) is 3.15. The minimum Gasteiger partial charge on any atom is -0.359 e. The highest BCUT2D eigenvalue weighted by molar-refractivity contribution is 5.85. The number of amides is 1. The van der Waals surface area contributed by atoms with Crippen molar-refractivity contribution in [3.63, 3.8) is 0 Å². The summed E-state index contributed by atoms with van der Waals surface area (Å²) in [7, 11) is 0. The molecule has 3 N–H and O–H groups in total. The zero-order valence-electron chi connectivity index (χ0n) is 13.5. The van der Waals surface area contributed by atoms with Gasteiger partial charge in [-0.25, -0.2) is 4.99 Å². The second-order valence-electron chi connectivity index (χ2n) is 5.76. The van der Waals surface area contributed by atoms with Gasteiger partial charge >= 0.3 is 0 Å². The number of aliphatic imine (C=N–C) groups is 1. The minimum atomic E-state index is -0.0403. The molecule has 1 fully saturated rings. The van der Waals surface area contributed by atoms with E-state index in [1.54, 1.807) is 0 Å². The van der Waals surface area contributed by atoms with Gasteiger partial charge in [-0.1, -0.05) is 19.0 Å². The van der Waals surface area contributed by atoms with Crippen LogP contribution in [0, 0.1) is 0 Å². The maximum Gasteiger partial charge on any atom is 0.242 e. The fourth-order valence-electron chi connectivity index (χ4n) is 1.85. The Balaban J connectivity index is 1.82. The third-order valence-electron chi connectivity index (χ3n) is 3.27. The summed E-state index contributed by atoms with van der Waals surface area (Å²) in [6.07, 6.45) is 2.16. The third-order valence-corrected chi connectivity index (χ3v) is 3.27. The van der Waals surface area contributed by atoms with Gasteiger partial charge in [0.2, 0.25) is 5.91 Å². The van der Waals surface area contributed by atoms with Crippen molar-refractivity contribution < 1.29 is 9.32 Å². The highest BCUT2D eigenvalue weighted by atomic mass is 16.5. The molecule has 0 spiro atoms. The van der Waals surface area contributed by atoms with Gasteiger partial charge < -0.3 is 20.5 Å². The van der Waals surface area contributed by atoms with Gasteiger partial charge in [0.1, 0.15) is 6.54 Å². The Morgan fingerprint density at radius 3 is 2.82 bits per heavy atom. The van der Waals surface area contributed by atoms with Crippen LogP contribution < -0.4 is 16.0 Å².